The number of hydrogen-bond acceptors (Lipinski definition) is 5. The Bertz CT molecular complexity index is 512. The molecule has 0 atom stereocenters. The molecule has 20 heavy (non-hydrogen) atoms. The fourth-order valence-electron chi connectivity index (χ4n) is 1.78. The number of carbonyl (C=O) groups is 1. The summed E-state index contributed by atoms with van der Waals surface area (Å²) >= 11 is 0. The number of pyridine rings is 1. The number of ether oxygens (including phenoxy) is 1. The Morgan fingerprint density at radius 1 is 1.50 bits per heavy atom. The van der Waals surface area contributed by atoms with E-state index in [1.54, 1.807) is 18.7 Å². The predicted octanol–water partition coefficient (Wildman–Crippen LogP) is 0.107. The molecule has 0 fully saturated rings. The summed E-state index contributed by atoms with van der Waals surface area (Å²) in [5, 5.41) is 18.1. The van der Waals surface area contributed by atoms with E-state index in [1.165, 1.54) is 12.3 Å². The zero-order valence-electron chi connectivity index (χ0n) is 11.7. The van der Waals surface area contributed by atoms with Crippen LogP contribution in [-0.4, -0.2) is 53.0 Å². The van der Waals surface area contributed by atoms with Gasteiger partial charge in [-0.1, -0.05) is 0 Å². The van der Waals surface area contributed by atoms with E-state index in [1.807, 2.05) is 4.90 Å². The van der Waals surface area contributed by atoms with E-state index < -0.39 is 11.4 Å². The minimum absolute atomic E-state index is 0.0386. The maximum atomic E-state index is 11.5. The lowest BCUT2D eigenvalue weighted by Gasteiger charge is -2.19. The number of methoxy groups -OCH3 is 1. The van der Waals surface area contributed by atoms with Gasteiger partial charge in [0.2, 0.25) is 5.43 Å². The van der Waals surface area contributed by atoms with Gasteiger partial charge in [0.25, 0.3) is 0 Å². The SMILES string of the molecule is COCCn1cc(O)c(=O)cc1CN(C)CCC(=O)O. The molecule has 112 valence electrons. The number of hydrogen-bond donors (Lipinski definition) is 2. The quantitative estimate of drug-likeness (QED) is 0.704. The van der Waals surface area contributed by atoms with Crippen molar-refractivity contribution in [3.05, 3.63) is 28.2 Å². The lowest BCUT2D eigenvalue weighted by molar-refractivity contribution is -0.137. The minimum atomic E-state index is -0.862. The van der Waals surface area contributed by atoms with Crippen molar-refractivity contribution in [3.8, 4) is 5.75 Å². The van der Waals surface area contributed by atoms with Gasteiger partial charge >= 0.3 is 5.97 Å². The Balaban J connectivity index is 2.83. The van der Waals surface area contributed by atoms with E-state index in [-0.39, 0.29) is 12.2 Å². The molecule has 1 rings (SSSR count). The Morgan fingerprint density at radius 3 is 2.80 bits per heavy atom. The molecule has 0 bridgehead atoms. The molecule has 1 heterocycles. The van der Waals surface area contributed by atoms with Crippen molar-refractivity contribution >= 4 is 5.97 Å². The molecule has 0 aliphatic carbocycles. The Morgan fingerprint density at radius 2 is 2.20 bits per heavy atom. The van der Waals surface area contributed by atoms with Crippen LogP contribution in [0.1, 0.15) is 12.1 Å². The number of aromatic hydroxyl groups is 1. The summed E-state index contributed by atoms with van der Waals surface area (Å²) in [6, 6.07) is 1.36. The van der Waals surface area contributed by atoms with Gasteiger partial charge in [-0.15, -0.1) is 0 Å². The van der Waals surface area contributed by atoms with Gasteiger partial charge in [0, 0.05) is 38.5 Å². The maximum Gasteiger partial charge on any atom is 0.304 e. The second-order valence-corrected chi connectivity index (χ2v) is 4.58. The molecule has 0 aliphatic heterocycles. The van der Waals surface area contributed by atoms with Crippen molar-refractivity contribution in [2.24, 2.45) is 0 Å². The van der Waals surface area contributed by atoms with Crippen LogP contribution in [0.15, 0.2) is 17.1 Å². The predicted molar refractivity (Wildman–Crippen MR) is 72.8 cm³/mol. The molecule has 0 saturated heterocycles. The first-order valence-electron chi connectivity index (χ1n) is 6.25. The number of nitrogens with zero attached hydrogens (tertiary/aromatic N) is 2. The maximum absolute atomic E-state index is 11.5. The second-order valence-electron chi connectivity index (χ2n) is 4.58. The lowest BCUT2D eigenvalue weighted by Crippen LogP contribution is -2.25. The Labute approximate surface area is 117 Å². The first kappa shape index (κ1) is 16.2. The molecule has 0 aromatic carbocycles. The monoisotopic (exact) mass is 284 g/mol. The van der Waals surface area contributed by atoms with Crippen molar-refractivity contribution in [3.63, 3.8) is 0 Å². The smallest absolute Gasteiger partial charge is 0.304 e. The zero-order valence-corrected chi connectivity index (χ0v) is 11.7. The van der Waals surface area contributed by atoms with Crippen LogP contribution >= 0.6 is 0 Å². The van der Waals surface area contributed by atoms with Gasteiger partial charge in [-0.25, -0.2) is 0 Å². The molecule has 0 spiro atoms. The van der Waals surface area contributed by atoms with E-state index in [0.717, 1.165) is 0 Å². The van der Waals surface area contributed by atoms with E-state index in [9.17, 15) is 14.7 Å². The summed E-state index contributed by atoms with van der Waals surface area (Å²) in [5.74, 6) is -1.17. The molecule has 1 aromatic heterocycles. The van der Waals surface area contributed by atoms with Crippen molar-refractivity contribution in [2.75, 3.05) is 27.3 Å². The standard InChI is InChI=1S/C13H20N2O5/c1-14(4-3-13(18)19)8-10-7-11(16)12(17)9-15(10)5-6-20-2/h7,9,17H,3-6,8H2,1-2H3,(H,18,19). The van der Waals surface area contributed by atoms with Gasteiger partial charge in [-0.3, -0.25) is 9.59 Å². The highest BCUT2D eigenvalue weighted by Crippen LogP contribution is 2.08. The van der Waals surface area contributed by atoms with E-state index in [2.05, 4.69) is 0 Å². The summed E-state index contributed by atoms with van der Waals surface area (Å²) in [7, 11) is 3.35. The highest BCUT2D eigenvalue weighted by atomic mass is 16.5. The third-order valence-electron chi connectivity index (χ3n) is 2.87. The summed E-state index contributed by atoms with van der Waals surface area (Å²) in [5.41, 5.74) is 0.262. The van der Waals surface area contributed by atoms with Crippen LogP contribution < -0.4 is 5.43 Å². The molecule has 0 amide bonds. The van der Waals surface area contributed by atoms with E-state index >= 15 is 0 Å². The van der Waals surface area contributed by atoms with Crippen molar-refractivity contribution in [1.29, 1.82) is 0 Å². The van der Waals surface area contributed by atoms with Crippen LogP contribution in [0, 0.1) is 0 Å². The fourth-order valence-corrected chi connectivity index (χ4v) is 1.78. The first-order chi connectivity index (χ1) is 9.43. The van der Waals surface area contributed by atoms with Gasteiger partial charge < -0.3 is 24.4 Å². The van der Waals surface area contributed by atoms with Gasteiger partial charge in [-0.2, -0.15) is 0 Å². The molecule has 0 aliphatic rings. The van der Waals surface area contributed by atoms with Crippen molar-refractivity contribution in [1.82, 2.24) is 9.47 Å². The van der Waals surface area contributed by atoms with E-state index in [4.69, 9.17) is 9.84 Å². The third kappa shape index (κ3) is 5.02. The molecule has 7 heteroatoms. The number of aromatic nitrogens is 1. The highest BCUT2D eigenvalue weighted by Gasteiger charge is 2.09. The van der Waals surface area contributed by atoms with Crippen molar-refractivity contribution in [2.45, 2.75) is 19.5 Å². The lowest BCUT2D eigenvalue weighted by atomic mass is 10.3. The number of aliphatic carboxylic acids is 1. The molecule has 0 saturated carbocycles. The molecule has 0 radical (unpaired) electrons. The molecule has 1 aromatic rings. The summed E-state index contributed by atoms with van der Waals surface area (Å²) in [6.07, 6.45) is 1.42. The van der Waals surface area contributed by atoms with Gasteiger partial charge in [0.05, 0.1) is 19.2 Å². The molecular weight excluding hydrogens is 264 g/mol. The van der Waals surface area contributed by atoms with E-state index in [0.29, 0.717) is 31.9 Å². The Kier molecular flexibility index (Phi) is 6.20. The minimum Gasteiger partial charge on any atom is -0.503 e. The third-order valence-corrected chi connectivity index (χ3v) is 2.87. The first-order valence-corrected chi connectivity index (χ1v) is 6.25. The number of carboxylic acid groups (broad SMARTS) is 1. The normalized spacial score (nSPS) is 10.9. The molecular formula is C13H20N2O5. The van der Waals surface area contributed by atoms with Crippen LogP contribution in [0.2, 0.25) is 0 Å². The number of carboxylic acids is 1. The van der Waals surface area contributed by atoms with Crippen LogP contribution in [0.25, 0.3) is 0 Å². The van der Waals surface area contributed by atoms with Crippen LogP contribution in [0.4, 0.5) is 0 Å². The van der Waals surface area contributed by atoms with Crippen molar-refractivity contribution < 1.29 is 19.7 Å². The zero-order chi connectivity index (χ0) is 15.1. The largest absolute Gasteiger partial charge is 0.503 e. The fraction of sp³-hybridized carbons (Fsp3) is 0.538. The molecule has 0 unspecified atom stereocenters. The summed E-state index contributed by atoms with van der Waals surface area (Å²) in [4.78, 5) is 23.8. The second kappa shape index (κ2) is 7.66. The van der Waals surface area contributed by atoms with Gasteiger partial charge in [0.1, 0.15) is 0 Å². The van der Waals surface area contributed by atoms with Gasteiger partial charge in [-0.05, 0) is 7.05 Å². The average molecular weight is 284 g/mol. The molecule has 2 N–H and O–H groups in total. The molecule has 7 nitrogen and oxygen atoms in total. The van der Waals surface area contributed by atoms with Gasteiger partial charge in [0.15, 0.2) is 5.75 Å². The number of rotatable bonds is 8. The summed E-state index contributed by atoms with van der Waals surface area (Å²) < 4.78 is 6.72. The summed E-state index contributed by atoms with van der Waals surface area (Å²) in [6.45, 7) is 1.77. The van der Waals surface area contributed by atoms with Crippen LogP contribution in [-0.2, 0) is 22.6 Å². The van der Waals surface area contributed by atoms with Crippen LogP contribution in [0.5, 0.6) is 5.75 Å². The van der Waals surface area contributed by atoms with Crippen LogP contribution in [0.3, 0.4) is 0 Å². The average Bonchev–Trinajstić information content (AvgIpc) is 2.38. The highest BCUT2D eigenvalue weighted by molar-refractivity contribution is 5.66. The Hall–Kier alpha value is -1.86. The topological polar surface area (TPSA) is 92.0 Å².